The topological polar surface area (TPSA) is 102 Å². The van der Waals surface area contributed by atoms with Crippen molar-refractivity contribution in [3.05, 3.63) is 30.3 Å². The second kappa shape index (κ2) is 6.97. The Morgan fingerprint density at radius 3 is 2.20 bits per heavy atom. The fraction of sp³-hybridized carbons (Fsp3) is 0. The average molecular weight is 205 g/mol. The van der Waals surface area contributed by atoms with E-state index in [1.165, 1.54) is 0 Å². The van der Waals surface area contributed by atoms with Crippen molar-refractivity contribution in [2.45, 2.75) is 0 Å². The minimum Gasteiger partial charge on any atom is -0.417 e. The van der Waals surface area contributed by atoms with E-state index in [1.54, 1.807) is 24.3 Å². The Labute approximate surface area is 87.5 Å². The highest BCUT2D eigenvalue weighted by Crippen LogP contribution is 2.07. The van der Waals surface area contributed by atoms with Crippen LogP contribution in [0.5, 0.6) is 5.75 Å². The van der Waals surface area contributed by atoms with E-state index >= 15 is 0 Å². The maximum atomic E-state index is 10.5. The molecule has 0 bridgehead atoms. The van der Waals surface area contributed by atoms with Crippen molar-refractivity contribution in [2.24, 2.45) is 11.5 Å². The summed E-state index contributed by atoms with van der Waals surface area (Å²) in [6.45, 7) is 0. The Kier molecular flexibility index (Phi) is 5.82. The number of nitrogens with one attached hydrogen (secondary N) is 1. The second-order valence-corrected chi connectivity index (χ2v) is 2.30. The fourth-order valence-corrected chi connectivity index (χ4v) is 0.625. The standard InChI is InChI=1S/C9H6O2.CH5N3/c1-2-9(10)11-8-6-4-3-5-7-8;2-1(3)4/h1,3-7H;(H5,2,3,4). The molecule has 5 heteroatoms. The van der Waals surface area contributed by atoms with Gasteiger partial charge in [-0.1, -0.05) is 18.2 Å². The number of hydrogen-bond donors (Lipinski definition) is 3. The molecule has 0 unspecified atom stereocenters. The van der Waals surface area contributed by atoms with Crippen LogP contribution in [0.3, 0.4) is 0 Å². The molecule has 1 aromatic rings. The largest absolute Gasteiger partial charge is 0.417 e. The van der Waals surface area contributed by atoms with Gasteiger partial charge in [0.2, 0.25) is 0 Å². The molecule has 0 fully saturated rings. The first-order chi connectivity index (χ1) is 7.06. The third kappa shape index (κ3) is 7.87. The lowest BCUT2D eigenvalue weighted by atomic mass is 10.3. The first-order valence-corrected chi connectivity index (χ1v) is 3.89. The number of guanidine groups is 1. The summed E-state index contributed by atoms with van der Waals surface area (Å²) in [5.74, 6) is 1.32. The van der Waals surface area contributed by atoms with Gasteiger partial charge in [0, 0.05) is 5.92 Å². The highest BCUT2D eigenvalue weighted by atomic mass is 16.5. The molecule has 0 atom stereocenters. The summed E-state index contributed by atoms with van der Waals surface area (Å²) in [6.07, 6.45) is 4.80. The quantitative estimate of drug-likeness (QED) is 0.151. The third-order valence-corrected chi connectivity index (χ3v) is 1.07. The lowest BCUT2D eigenvalue weighted by molar-refractivity contribution is -0.128. The van der Waals surface area contributed by atoms with Gasteiger partial charge in [0.1, 0.15) is 5.75 Å². The molecule has 0 spiro atoms. The van der Waals surface area contributed by atoms with Crippen molar-refractivity contribution in [1.29, 1.82) is 5.41 Å². The number of carbonyl (C=O) groups excluding carboxylic acids is 1. The molecule has 0 saturated heterocycles. The number of carbonyl (C=O) groups is 1. The number of benzene rings is 1. The number of esters is 1. The van der Waals surface area contributed by atoms with Gasteiger partial charge in [-0.25, -0.2) is 4.79 Å². The second-order valence-electron chi connectivity index (χ2n) is 2.30. The molecule has 0 radical (unpaired) electrons. The van der Waals surface area contributed by atoms with Crippen LogP contribution in [0.15, 0.2) is 30.3 Å². The molecule has 0 aromatic heterocycles. The van der Waals surface area contributed by atoms with Gasteiger partial charge in [-0.05, 0) is 12.1 Å². The van der Waals surface area contributed by atoms with E-state index in [1.807, 2.05) is 12.0 Å². The molecule has 1 aromatic carbocycles. The maximum absolute atomic E-state index is 10.5. The molecule has 78 valence electrons. The van der Waals surface area contributed by atoms with Crippen molar-refractivity contribution in [2.75, 3.05) is 0 Å². The lowest BCUT2D eigenvalue weighted by Gasteiger charge is -1.96. The zero-order valence-electron chi connectivity index (χ0n) is 7.94. The van der Waals surface area contributed by atoms with Crippen LogP contribution in [0, 0.1) is 17.8 Å². The number of ether oxygens (including phenoxy) is 1. The number of hydrogen-bond acceptors (Lipinski definition) is 3. The number of rotatable bonds is 1. The summed E-state index contributed by atoms with van der Waals surface area (Å²) < 4.78 is 4.69. The maximum Gasteiger partial charge on any atom is 0.389 e. The van der Waals surface area contributed by atoms with Crippen molar-refractivity contribution in [3.63, 3.8) is 0 Å². The Morgan fingerprint density at radius 1 is 1.33 bits per heavy atom. The first kappa shape index (κ1) is 12.5. The Bertz CT molecular complexity index is 364. The third-order valence-electron chi connectivity index (χ3n) is 1.07. The summed E-state index contributed by atoms with van der Waals surface area (Å²) in [4.78, 5) is 10.5. The smallest absolute Gasteiger partial charge is 0.389 e. The Balaban J connectivity index is 0.000000423. The number of terminal acetylenes is 1. The molecular weight excluding hydrogens is 194 g/mol. The number of para-hydroxylation sites is 1. The van der Waals surface area contributed by atoms with Crippen LogP contribution in [-0.4, -0.2) is 11.9 Å². The minimum atomic E-state index is -0.670. The van der Waals surface area contributed by atoms with Crippen molar-refractivity contribution >= 4 is 11.9 Å². The van der Waals surface area contributed by atoms with Crippen LogP contribution in [0.2, 0.25) is 0 Å². The minimum absolute atomic E-state index is 0.333. The molecule has 0 aliphatic carbocycles. The molecule has 15 heavy (non-hydrogen) atoms. The molecule has 1 rings (SSSR count). The van der Waals surface area contributed by atoms with Crippen LogP contribution in [0.25, 0.3) is 0 Å². The summed E-state index contributed by atoms with van der Waals surface area (Å²) >= 11 is 0. The van der Waals surface area contributed by atoms with Crippen LogP contribution in [-0.2, 0) is 4.79 Å². The van der Waals surface area contributed by atoms with Crippen molar-refractivity contribution in [1.82, 2.24) is 0 Å². The Morgan fingerprint density at radius 2 is 1.80 bits per heavy atom. The molecule has 0 aliphatic rings. The van der Waals surface area contributed by atoms with Crippen LogP contribution in [0.4, 0.5) is 0 Å². The molecule has 0 heterocycles. The van der Waals surface area contributed by atoms with Crippen LogP contribution >= 0.6 is 0 Å². The van der Waals surface area contributed by atoms with Gasteiger partial charge >= 0.3 is 5.97 Å². The molecule has 0 amide bonds. The molecule has 0 aliphatic heterocycles. The fourth-order valence-electron chi connectivity index (χ4n) is 0.625. The summed E-state index contributed by atoms with van der Waals surface area (Å²) in [7, 11) is 0. The van der Waals surface area contributed by atoms with Crippen LogP contribution in [0.1, 0.15) is 0 Å². The lowest BCUT2D eigenvalue weighted by Crippen LogP contribution is -2.20. The van der Waals surface area contributed by atoms with Gasteiger partial charge in [-0.3, -0.25) is 5.41 Å². The van der Waals surface area contributed by atoms with E-state index in [9.17, 15) is 4.79 Å². The summed E-state index contributed by atoms with van der Waals surface area (Å²) in [6, 6.07) is 8.68. The van der Waals surface area contributed by atoms with E-state index in [2.05, 4.69) is 16.2 Å². The molecule has 5 N–H and O–H groups in total. The summed E-state index contributed by atoms with van der Waals surface area (Å²) in [5, 5.41) is 6.06. The van der Waals surface area contributed by atoms with Gasteiger partial charge in [-0.2, -0.15) is 0 Å². The predicted octanol–water partition coefficient (Wildman–Crippen LogP) is 0.0638. The van der Waals surface area contributed by atoms with E-state index in [-0.39, 0.29) is 5.96 Å². The zero-order chi connectivity index (χ0) is 11.7. The SMILES string of the molecule is C#CC(=O)Oc1ccccc1.N=C(N)N. The zero-order valence-corrected chi connectivity index (χ0v) is 7.94. The van der Waals surface area contributed by atoms with E-state index in [4.69, 9.17) is 11.8 Å². The molecule has 0 saturated carbocycles. The molecular formula is C10H11N3O2. The van der Waals surface area contributed by atoms with Gasteiger partial charge in [0.25, 0.3) is 0 Å². The summed E-state index contributed by atoms with van der Waals surface area (Å²) in [5.41, 5.74) is 8.94. The van der Waals surface area contributed by atoms with Gasteiger partial charge in [-0.15, -0.1) is 6.42 Å². The van der Waals surface area contributed by atoms with Gasteiger partial charge in [0.05, 0.1) is 0 Å². The highest BCUT2D eigenvalue weighted by molar-refractivity contribution is 5.89. The molecule has 5 nitrogen and oxygen atoms in total. The Hall–Kier alpha value is -2.48. The van der Waals surface area contributed by atoms with E-state index in [0.717, 1.165) is 0 Å². The van der Waals surface area contributed by atoms with E-state index in [0.29, 0.717) is 5.75 Å². The van der Waals surface area contributed by atoms with Crippen molar-refractivity contribution < 1.29 is 9.53 Å². The van der Waals surface area contributed by atoms with Crippen molar-refractivity contribution in [3.8, 4) is 18.1 Å². The van der Waals surface area contributed by atoms with Gasteiger partial charge in [0.15, 0.2) is 5.96 Å². The highest BCUT2D eigenvalue weighted by Gasteiger charge is 1.96. The average Bonchev–Trinajstić information content (AvgIpc) is 2.18. The first-order valence-electron chi connectivity index (χ1n) is 3.89. The monoisotopic (exact) mass is 205 g/mol. The predicted molar refractivity (Wildman–Crippen MR) is 57.0 cm³/mol. The normalized spacial score (nSPS) is 7.67. The van der Waals surface area contributed by atoms with E-state index < -0.39 is 5.97 Å². The van der Waals surface area contributed by atoms with Crippen LogP contribution < -0.4 is 16.2 Å². The number of nitrogens with two attached hydrogens (primary N) is 2. The van der Waals surface area contributed by atoms with Gasteiger partial charge < -0.3 is 16.2 Å².